The van der Waals surface area contributed by atoms with E-state index in [1.165, 1.54) is 11.5 Å². The van der Waals surface area contributed by atoms with Gasteiger partial charge in [0.1, 0.15) is 4.88 Å². The molecular formula is C13H11N3O2S. The Hall–Kier alpha value is -2.08. The van der Waals surface area contributed by atoms with Crippen molar-refractivity contribution in [3.05, 3.63) is 40.4 Å². The molecule has 0 unspecified atom stereocenters. The summed E-state index contributed by atoms with van der Waals surface area (Å²) in [7, 11) is 0. The van der Waals surface area contributed by atoms with Crippen LogP contribution in [0.3, 0.4) is 0 Å². The molecule has 5 nitrogen and oxygen atoms in total. The van der Waals surface area contributed by atoms with Crippen molar-refractivity contribution < 1.29 is 4.42 Å². The second-order valence-corrected chi connectivity index (χ2v) is 5.22. The Morgan fingerprint density at radius 1 is 1.26 bits per heavy atom. The molecule has 96 valence electrons. The summed E-state index contributed by atoms with van der Waals surface area (Å²) >= 11 is 1.19. The third kappa shape index (κ3) is 2.04. The van der Waals surface area contributed by atoms with Crippen molar-refractivity contribution in [2.45, 2.75) is 19.8 Å². The molecule has 19 heavy (non-hydrogen) atoms. The number of rotatable bonds is 2. The highest BCUT2D eigenvalue weighted by atomic mass is 32.1. The highest BCUT2D eigenvalue weighted by molar-refractivity contribution is 7.09. The molecular weight excluding hydrogens is 262 g/mol. The first-order chi connectivity index (χ1) is 9.16. The first-order valence-corrected chi connectivity index (χ1v) is 6.66. The molecule has 0 N–H and O–H groups in total. The van der Waals surface area contributed by atoms with Crippen LogP contribution < -0.4 is 5.63 Å². The summed E-state index contributed by atoms with van der Waals surface area (Å²) in [6, 6.07) is 7.12. The zero-order valence-electron chi connectivity index (χ0n) is 10.5. The van der Waals surface area contributed by atoms with Crippen LogP contribution in [0, 0.1) is 0 Å². The average Bonchev–Trinajstić information content (AvgIpc) is 2.88. The highest BCUT2D eigenvalue weighted by Crippen LogP contribution is 2.29. The second-order valence-electron chi connectivity index (χ2n) is 4.47. The normalized spacial score (nSPS) is 11.3. The quantitative estimate of drug-likeness (QED) is 0.718. The van der Waals surface area contributed by atoms with Gasteiger partial charge in [0, 0.05) is 0 Å². The summed E-state index contributed by atoms with van der Waals surface area (Å²) in [5.74, 6) is 0.495. The molecule has 0 saturated carbocycles. The van der Waals surface area contributed by atoms with Crippen molar-refractivity contribution in [2.24, 2.45) is 0 Å². The molecule has 1 aromatic carbocycles. The van der Waals surface area contributed by atoms with Crippen LogP contribution in [-0.4, -0.2) is 14.6 Å². The summed E-state index contributed by atoms with van der Waals surface area (Å²) in [5, 5.41) is 4.55. The SMILES string of the molecule is CC(C)c1nnsc1-c1nc2ccccc2c(=O)o1. The van der Waals surface area contributed by atoms with Gasteiger partial charge in [0.25, 0.3) is 0 Å². The lowest BCUT2D eigenvalue weighted by molar-refractivity contribution is 0.518. The van der Waals surface area contributed by atoms with Gasteiger partial charge in [0.2, 0.25) is 5.89 Å². The molecule has 0 radical (unpaired) electrons. The van der Waals surface area contributed by atoms with Gasteiger partial charge in [-0.2, -0.15) is 0 Å². The summed E-state index contributed by atoms with van der Waals surface area (Å²) in [4.78, 5) is 17.0. The van der Waals surface area contributed by atoms with E-state index in [2.05, 4.69) is 14.6 Å². The zero-order chi connectivity index (χ0) is 13.4. The third-order valence-corrected chi connectivity index (χ3v) is 3.52. The molecule has 2 aromatic heterocycles. The Bertz CT molecular complexity index is 792. The fourth-order valence-electron chi connectivity index (χ4n) is 1.84. The maximum absolute atomic E-state index is 11.9. The molecule has 0 saturated heterocycles. The van der Waals surface area contributed by atoms with E-state index >= 15 is 0 Å². The molecule has 3 rings (SSSR count). The van der Waals surface area contributed by atoms with Crippen LogP contribution in [0.5, 0.6) is 0 Å². The molecule has 0 atom stereocenters. The van der Waals surface area contributed by atoms with Gasteiger partial charge in [-0.1, -0.05) is 30.5 Å². The molecule has 0 fully saturated rings. The van der Waals surface area contributed by atoms with Crippen molar-refractivity contribution in [3.8, 4) is 10.8 Å². The molecule has 6 heteroatoms. The Kier molecular flexibility index (Phi) is 2.87. The maximum atomic E-state index is 11.9. The summed E-state index contributed by atoms with van der Waals surface area (Å²) in [5.41, 5.74) is 1.04. The van der Waals surface area contributed by atoms with Gasteiger partial charge in [-0.25, -0.2) is 9.78 Å². The predicted octanol–water partition coefficient (Wildman–Crippen LogP) is 2.83. The van der Waals surface area contributed by atoms with Gasteiger partial charge in [0.05, 0.1) is 16.6 Å². The van der Waals surface area contributed by atoms with E-state index in [4.69, 9.17) is 4.42 Å². The number of fused-ring (bicyclic) bond motifs is 1. The first kappa shape index (κ1) is 12.0. The number of aromatic nitrogens is 3. The second kappa shape index (κ2) is 4.55. The van der Waals surface area contributed by atoms with Crippen LogP contribution >= 0.6 is 11.5 Å². The van der Waals surface area contributed by atoms with Crippen molar-refractivity contribution in [2.75, 3.05) is 0 Å². The molecule has 0 spiro atoms. The van der Waals surface area contributed by atoms with Gasteiger partial charge in [-0.05, 0) is 29.6 Å². The van der Waals surface area contributed by atoms with Crippen LogP contribution in [0.4, 0.5) is 0 Å². The number of hydrogen-bond donors (Lipinski definition) is 0. The van der Waals surface area contributed by atoms with Crippen molar-refractivity contribution in [1.82, 2.24) is 14.6 Å². The van der Waals surface area contributed by atoms with E-state index in [0.717, 1.165) is 10.6 Å². The van der Waals surface area contributed by atoms with Gasteiger partial charge in [-0.15, -0.1) is 5.10 Å². The van der Waals surface area contributed by atoms with Crippen LogP contribution in [0.2, 0.25) is 0 Å². The van der Waals surface area contributed by atoms with E-state index in [0.29, 0.717) is 16.8 Å². The minimum Gasteiger partial charge on any atom is -0.402 e. The largest absolute Gasteiger partial charge is 0.402 e. The van der Waals surface area contributed by atoms with Crippen molar-refractivity contribution in [1.29, 1.82) is 0 Å². The Morgan fingerprint density at radius 3 is 2.84 bits per heavy atom. The lowest BCUT2D eigenvalue weighted by Gasteiger charge is -2.03. The predicted molar refractivity (Wildman–Crippen MR) is 73.3 cm³/mol. The Labute approximate surface area is 113 Å². The minimum absolute atomic E-state index is 0.201. The fourth-order valence-corrected chi connectivity index (χ4v) is 2.59. The van der Waals surface area contributed by atoms with Crippen molar-refractivity contribution in [3.63, 3.8) is 0 Å². The minimum atomic E-state index is -0.385. The van der Waals surface area contributed by atoms with Crippen LogP contribution in [0.1, 0.15) is 25.5 Å². The lowest BCUT2D eigenvalue weighted by atomic mass is 10.1. The Morgan fingerprint density at radius 2 is 2.05 bits per heavy atom. The number of hydrogen-bond acceptors (Lipinski definition) is 6. The monoisotopic (exact) mass is 273 g/mol. The molecule has 2 heterocycles. The number of benzene rings is 1. The van der Waals surface area contributed by atoms with Gasteiger partial charge in [0.15, 0.2) is 0 Å². The van der Waals surface area contributed by atoms with E-state index < -0.39 is 0 Å². The van der Waals surface area contributed by atoms with E-state index in [1.807, 2.05) is 19.9 Å². The molecule has 0 aliphatic heterocycles. The van der Waals surface area contributed by atoms with Crippen LogP contribution in [0.25, 0.3) is 21.7 Å². The van der Waals surface area contributed by atoms with Crippen LogP contribution in [-0.2, 0) is 0 Å². The maximum Gasteiger partial charge on any atom is 0.347 e. The third-order valence-electron chi connectivity index (χ3n) is 2.79. The van der Waals surface area contributed by atoms with Gasteiger partial charge >= 0.3 is 5.63 Å². The Balaban J connectivity index is 2.26. The fraction of sp³-hybridized carbons (Fsp3) is 0.231. The van der Waals surface area contributed by atoms with Crippen LogP contribution in [0.15, 0.2) is 33.5 Å². The summed E-state index contributed by atoms with van der Waals surface area (Å²) in [6.45, 7) is 4.03. The zero-order valence-corrected chi connectivity index (χ0v) is 11.3. The van der Waals surface area contributed by atoms with Gasteiger partial charge < -0.3 is 4.42 Å². The smallest absolute Gasteiger partial charge is 0.347 e. The van der Waals surface area contributed by atoms with Crippen molar-refractivity contribution >= 4 is 22.4 Å². The van der Waals surface area contributed by atoms with Gasteiger partial charge in [-0.3, -0.25) is 0 Å². The molecule has 0 aliphatic rings. The summed E-state index contributed by atoms with van der Waals surface area (Å²) < 4.78 is 9.21. The number of para-hydroxylation sites is 1. The highest BCUT2D eigenvalue weighted by Gasteiger charge is 2.18. The topological polar surface area (TPSA) is 68.9 Å². The van der Waals surface area contributed by atoms with E-state index in [1.54, 1.807) is 18.2 Å². The van der Waals surface area contributed by atoms with E-state index in [-0.39, 0.29) is 11.5 Å². The molecule has 0 bridgehead atoms. The molecule has 0 aliphatic carbocycles. The molecule has 3 aromatic rings. The standard InChI is InChI=1S/C13H11N3O2S/c1-7(2)10-11(19-16-15-10)12-14-9-6-4-3-5-8(9)13(17)18-12/h3-7H,1-2H3. The number of nitrogens with zero attached hydrogens (tertiary/aromatic N) is 3. The molecule has 0 amide bonds. The summed E-state index contributed by atoms with van der Waals surface area (Å²) in [6.07, 6.45) is 0. The first-order valence-electron chi connectivity index (χ1n) is 5.89. The lowest BCUT2D eigenvalue weighted by Crippen LogP contribution is -2.03. The average molecular weight is 273 g/mol. The van der Waals surface area contributed by atoms with E-state index in [9.17, 15) is 4.79 Å².